The molecule has 174 valence electrons. The topological polar surface area (TPSA) is 82.6 Å². The molecule has 7 nitrogen and oxygen atoms in total. The highest BCUT2D eigenvalue weighted by Crippen LogP contribution is 2.37. The molecule has 1 aliphatic rings. The van der Waals surface area contributed by atoms with E-state index < -0.39 is 44.4 Å². The fourth-order valence-electron chi connectivity index (χ4n) is 2.99. The zero-order valence-corrected chi connectivity index (χ0v) is 16.9. The molecule has 0 spiro atoms. The van der Waals surface area contributed by atoms with Crippen molar-refractivity contribution in [1.29, 1.82) is 0 Å². The molecule has 1 aromatic carbocycles. The SMILES string of the molecule is O=C(Nc1ccncc1)N1CCN(S(=O)(=O)c2cc(C(F)(F)F)cc(C(F)(F)F)c2)CC1. The lowest BCUT2D eigenvalue weighted by molar-refractivity contribution is -0.143. The summed E-state index contributed by atoms with van der Waals surface area (Å²) in [5.41, 5.74) is -2.99. The van der Waals surface area contributed by atoms with Crippen molar-refractivity contribution in [2.75, 3.05) is 31.5 Å². The summed E-state index contributed by atoms with van der Waals surface area (Å²) in [5.74, 6) is 0. The Morgan fingerprint density at radius 3 is 1.84 bits per heavy atom. The predicted octanol–water partition coefficient (Wildman–Crippen LogP) is 3.66. The average molecular weight is 482 g/mol. The molecule has 2 aromatic rings. The smallest absolute Gasteiger partial charge is 0.322 e. The van der Waals surface area contributed by atoms with Gasteiger partial charge in [-0.1, -0.05) is 0 Å². The molecule has 32 heavy (non-hydrogen) atoms. The zero-order chi connectivity index (χ0) is 23.7. The third-order valence-corrected chi connectivity index (χ3v) is 6.53. The second kappa shape index (κ2) is 8.58. The highest BCUT2D eigenvalue weighted by Gasteiger charge is 2.39. The van der Waals surface area contributed by atoms with Gasteiger partial charge in [0.2, 0.25) is 10.0 Å². The van der Waals surface area contributed by atoms with Crippen LogP contribution in [0.4, 0.5) is 36.8 Å². The number of alkyl halides is 6. The van der Waals surface area contributed by atoms with Crippen LogP contribution in [0.3, 0.4) is 0 Å². The molecule has 2 amide bonds. The van der Waals surface area contributed by atoms with E-state index >= 15 is 0 Å². The maximum Gasteiger partial charge on any atom is 0.416 e. The number of nitrogens with one attached hydrogen (secondary N) is 1. The summed E-state index contributed by atoms with van der Waals surface area (Å²) < 4.78 is 105. The molecule has 0 radical (unpaired) electrons. The fraction of sp³-hybridized carbons (Fsp3) is 0.333. The quantitative estimate of drug-likeness (QED) is 0.678. The number of hydrogen-bond donors (Lipinski definition) is 1. The van der Waals surface area contributed by atoms with Gasteiger partial charge >= 0.3 is 18.4 Å². The lowest BCUT2D eigenvalue weighted by Crippen LogP contribution is -2.51. The Bertz CT molecular complexity index is 1050. The van der Waals surface area contributed by atoms with Gasteiger partial charge in [-0.15, -0.1) is 0 Å². The van der Waals surface area contributed by atoms with Gasteiger partial charge in [0.1, 0.15) is 0 Å². The van der Waals surface area contributed by atoms with E-state index in [2.05, 4.69) is 10.3 Å². The van der Waals surface area contributed by atoms with E-state index in [-0.39, 0.29) is 44.4 Å². The Balaban J connectivity index is 1.78. The van der Waals surface area contributed by atoms with Gasteiger partial charge in [-0.05, 0) is 30.3 Å². The van der Waals surface area contributed by atoms with E-state index in [1.165, 1.54) is 29.4 Å². The van der Waals surface area contributed by atoms with Gasteiger partial charge in [0, 0.05) is 44.3 Å². The number of amides is 2. The monoisotopic (exact) mass is 482 g/mol. The van der Waals surface area contributed by atoms with Crippen LogP contribution in [0, 0.1) is 0 Å². The Kier molecular flexibility index (Phi) is 6.38. The van der Waals surface area contributed by atoms with Gasteiger partial charge in [-0.2, -0.15) is 30.6 Å². The van der Waals surface area contributed by atoms with Crippen LogP contribution in [0.5, 0.6) is 0 Å². The van der Waals surface area contributed by atoms with Crippen molar-refractivity contribution in [2.45, 2.75) is 17.2 Å². The van der Waals surface area contributed by atoms with E-state index in [1.54, 1.807) is 0 Å². The van der Waals surface area contributed by atoms with E-state index in [1.807, 2.05) is 0 Å². The number of hydrogen-bond acceptors (Lipinski definition) is 4. The number of sulfonamides is 1. The van der Waals surface area contributed by atoms with Crippen LogP contribution in [0.25, 0.3) is 0 Å². The van der Waals surface area contributed by atoms with Gasteiger partial charge in [0.25, 0.3) is 0 Å². The lowest BCUT2D eigenvalue weighted by atomic mass is 10.1. The molecular formula is C18H16F6N4O3S. The Hall–Kier alpha value is -2.87. The number of pyridine rings is 1. The molecule has 1 aliphatic heterocycles. The molecule has 1 fully saturated rings. The predicted molar refractivity (Wildman–Crippen MR) is 100 cm³/mol. The van der Waals surface area contributed by atoms with Crippen LogP contribution >= 0.6 is 0 Å². The van der Waals surface area contributed by atoms with Gasteiger partial charge in [0.15, 0.2) is 0 Å². The van der Waals surface area contributed by atoms with E-state index in [4.69, 9.17) is 0 Å². The molecule has 1 N–H and O–H groups in total. The van der Waals surface area contributed by atoms with Crippen LogP contribution in [-0.4, -0.2) is 54.8 Å². The summed E-state index contributed by atoms with van der Waals surface area (Å²) in [6, 6.07) is 2.74. The van der Waals surface area contributed by atoms with Crippen molar-refractivity contribution < 1.29 is 39.6 Å². The Morgan fingerprint density at radius 1 is 0.875 bits per heavy atom. The molecule has 0 atom stereocenters. The third kappa shape index (κ3) is 5.30. The molecule has 1 aromatic heterocycles. The number of anilines is 1. The molecule has 0 saturated carbocycles. The number of urea groups is 1. The minimum absolute atomic E-state index is 0.110. The number of carbonyl (C=O) groups excluding carboxylic acids is 1. The van der Waals surface area contributed by atoms with Gasteiger partial charge in [-0.3, -0.25) is 4.98 Å². The first kappa shape index (κ1) is 23.8. The van der Waals surface area contributed by atoms with Crippen LogP contribution in [0.2, 0.25) is 0 Å². The van der Waals surface area contributed by atoms with Crippen molar-refractivity contribution >= 4 is 21.7 Å². The minimum atomic E-state index is -5.17. The normalized spacial score (nSPS) is 16.1. The maximum absolute atomic E-state index is 13.1. The first-order valence-corrected chi connectivity index (χ1v) is 10.5. The summed E-state index contributed by atoms with van der Waals surface area (Å²) >= 11 is 0. The average Bonchev–Trinajstić information content (AvgIpc) is 2.73. The number of carbonyl (C=O) groups is 1. The lowest BCUT2D eigenvalue weighted by Gasteiger charge is -2.34. The molecule has 3 rings (SSSR count). The first-order chi connectivity index (χ1) is 14.8. The van der Waals surface area contributed by atoms with Crippen LogP contribution in [0.1, 0.15) is 11.1 Å². The number of halogens is 6. The number of piperazine rings is 1. The summed E-state index contributed by atoms with van der Waals surface area (Å²) in [6.45, 7) is -0.824. The fourth-order valence-corrected chi connectivity index (χ4v) is 4.49. The summed E-state index contributed by atoms with van der Waals surface area (Å²) in [6.07, 6.45) is -7.45. The highest BCUT2D eigenvalue weighted by atomic mass is 32.2. The highest BCUT2D eigenvalue weighted by molar-refractivity contribution is 7.89. The van der Waals surface area contributed by atoms with E-state index in [9.17, 15) is 39.6 Å². The number of rotatable bonds is 3. The molecule has 14 heteroatoms. The standard InChI is InChI=1S/C18H16F6N4O3S/c19-17(20,21)12-9-13(18(22,23)24)11-15(10-12)32(30,31)28-7-5-27(6-8-28)16(29)26-14-1-3-25-4-2-14/h1-4,9-11H,5-8H2,(H,25,26,29). The van der Waals surface area contributed by atoms with Gasteiger partial charge < -0.3 is 10.2 Å². The second-order valence-corrected chi connectivity index (χ2v) is 8.74. The molecule has 0 aliphatic carbocycles. The van der Waals surface area contributed by atoms with Crippen LogP contribution in [0.15, 0.2) is 47.6 Å². The maximum atomic E-state index is 13.1. The van der Waals surface area contributed by atoms with E-state index in [0.717, 1.165) is 4.31 Å². The summed E-state index contributed by atoms with van der Waals surface area (Å²) in [4.78, 5) is 16.2. The van der Waals surface area contributed by atoms with Crippen molar-refractivity contribution in [1.82, 2.24) is 14.2 Å². The first-order valence-electron chi connectivity index (χ1n) is 9.04. The molecule has 1 saturated heterocycles. The number of aromatic nitrogens is 1. The largest absolute Gasteiger partial charge is 0.416 e. The summed E-state index contributed by atoms with van der Waals surface area (Å²) in [7, 11) is -4.67. The van der Waals surface area contributed by atoms with Crippen molar-refractivity contribution in [2.24, 2.45) is 0 Å². The van der Waals surface area contributed by atoms with E-state index in [0.29, 0.717) is 5.69 Å². The van der Waals surface area contributed by atoms with Crippen LogP contribution < -0.4 is 5.32 Å². The third-order valence-electron chi connectivity index (χ3n) is 4.66. The summed E-state index contributed by atoms with van der Waals surface area (Å²) in [5, 5.41) is 2.57. The molecule has 0 unspecified atom stereocenters. The zero-order valence-electron chi connectivity index (χ0n) is 16.1. The number of nitrogens with zero attached hydrogens (tertiary/aromatic N) is 3. The molecule has 0 bridgehead atoms. The van der Waals surface area contributed by atoms with Crippen LogP contribution in [-0.2, 0) is 22.4 Å². The van der Waals surface area contributed by atoms with Crippen molar-refractivity contribution in [3.05, 3.63) is 53.9 Å². The minimum Gasteiger partial charge on any atom is -0.322 e. The molecule has 2 heterocycles. The Labute approximate surface area is 178 Å². The van der Waals surface area contributed by atoms with Crippen molar-refractivity contribution in [3.8, 4) is 0 Å². The van der Waals surface area contributed by atoms with Gasteiger partial charge in [-0.25, -0.2) is 13.2 Å². The van der Waals surface area contributed by atoms with Gasteiger partial charge in [0.05, 0.1) is 16.0 Å². The van der Waals surface area contributed by atoms with Crippen molar-refractivity contribution in [3.63, 3.8) is 0 Å². The second-order valence-electron chi connectivity index (χ2n) is 6.80. The Morgan fingerprint density at radius 2 is 1.38 bits per heavy atom. The number of benzene rings is 1. The molecular weight excluding hydrogens is 466 g/mol.